The van der Waals surface area contributed by atoms with Gasteiger partial charge in [-0.2, -0.15) is 0 Å². The number of benzene rings is 2. The first-order valence-electron chi connectivity index (χ1n) is 8.97. The molecule has 0 aliphatic carbocycles. The zero-order valence-electron chi connectivity index (χ0n) is 15.0. The van der Waals surface area contributed by atoms with Crippen molar-refractivity contribution < 1.29 is 9.59 Å². The standard InChI is InChI=1S/C22H18ClN3O2/c23-17-10-11-20(24-13-17)25-21(27)19(12-15-6-2-1-3-7-15)26-14-16-8-4-5-9-18(16)22(26)28/h1-11,13,19H,12,14H2,(H,24,25,27). The Morgan fingerprint density at radius 2 is 1.82 bits per heavy atom. The van der Waals surface area contributed by atoms with E-state index in [4.69, 9.17) is 11.6 Å². The number of rotatable bonds is 5. The van der Waals surface area contributed by atoms with Gasteiger partial charge in [-0.1, -0.05) is 60.1 Å². The van der Waals surface area contributed by atoms with Gasteiger partial charge in [0.2, 0.25) is 5.91 Å². The lowest BCUT2D eigenvalue weighted by Gasteiger charge is -2.27. The maximum Gasteiger partial charge on any atom is 0.255 e. The average molecular weight is 392 g/mol. The van der Waals surface area contributed by atoms with Crippen LogP contribution in [0.4, 0.5) is 5.82 Å². The number of nitrogens with zero attached hydrogens (tertiary/aromatic N) is 2. The number of fused-ring (bicyclic) bond motifs is 1. The smallest absolute Gasteiger partial charge is 0.255 e. The fourth-order valence-electron chi connectivity index (χ4n) is 3.37. The van der Waals surface area contributed by atoms with E-state index in [-0.39, 0.29) is 11.8 Å². The van der Waals surface area contributed by atoms with Crippen molar-refractivity contribution in [2.24, 2.45) is 0 Å². The van der Waals surface area contributed by atoms with Gasteiger partial charge in [0.1, 0.15) is 11.9 Å². The van der Waals surface area contributed by atoms with Crippen molar-refractivity contribution in [1.82, 2.24) is 9.88 Å². The summed E-state index contributed by atoms with van der Waals surface area (Å²) in [6.45, 7) is 0.411. The van der Waals surface area contributed by atoms with Gasteiger partial charge >= 0.3 is 0 Å². The first-order valence-corrected chi connectivity index (χ1v) is 9.35. The van der Waals surface area contributed by atoms with Crippen molar-refractivity contribution in [2.75, 3.05) is 5.32 Å². The van der Waals surface area contributed by atoms with Crippen LogP contribution in [0.3, 0.4) is 0 Å². The first-order chi connectivity index (χ1) is 13.6. The SMILES string of the molecule is O=C(Nc1ccc(Cl)cn1)C(Cc1ccccc1)N1Cc2ccccc2C1=O. The summed E-state index contributed by atoms with van der Waals surface area (Å²) >= 11 is 5.86. The molecule has 5 nitrogen and oxygen atoms in total. The molecule has 1 atom stereocenters. The highest BCUT2D eigenvalue weighted by Crippen LogP contribution is 2.26. The minimum Gasteiger partial charge on any atom is -0.322 e. The molecule has 0 bridgehead atoms. The molecule has 2 aromatic carbocycles. The van der Waals surface area contributed by atoms with Crippen LogP contribution in [0.1, 0.15) is 21.5 Å². The molecule has 140 valence electrons. The molecular formula is C22H18ClN3O2. The van der Waals surface area contributed by atoms with Gasteiger partial charge in [-0.15, -0.1) is 0 Å². The van der Waals surface area contributed by atoms with E-state index in [1.165, 1.54) is 6.20 Å². The highest BCUT2D eigenvalue weighted by atomic mass is 35.5. The van der Waals surface area contributed by atoms with E-state index in [0.29, 0.717) is 29.4 Å². The normalized spacial score (nSPS) is 13.9. The number of amides is 2. The quantitative estimate of drug-likeness (QED) is 0.716. The summed E-state index contributed by atoms with van der Waals surface area (Å²) in [5.41, 5.74) is 2.57. The summed E-state index contributed by atoms with van der Waals surface area (Å²) in [5.74, 6) is -0.00722. The van der Waals surface area contributed by atoms with Gasteiger partial charge < -0.3 is 10.2 Å². The minimum atomic E-state index is -0.653. The van der Waals surface area contributed by atoms with Crippen LogP contribution in [-0.2, 0) is 17.8 Å². The fourth-order valence-corrected chi connectivity index (χ4v) is 3.48. The van der Waals surface area contributed by atoms with E-state index in [1.54, 1.807) is 23.1 Å². The van der Waals surface area contributed by atoms with Crippen LogP contribution in [-0.4, -0.2) is 27.7 Å². The third kappa shape index (κ3) is 3.75. The molecule has 6 heteroatoms. The van der Waals surface area contributed by atoms with Gasteiger partial charge in [-0.25, -0.2) is 4.98 Å². The highest BCUT2D eigenvalue weighted by molar-refractivity contribution is 6.30. The van der Waals surface area contributed by atoms with E-state index in [2.05, 4.69) is 10.3 Å². The molecule has 1 unspecified atom stereocenters. The van der Waals surface area contributed by atoms with Crippen molar-refractivity contribution in [1.29, 1.82) is 0 Å². The number of nitrogens with one attached hydrogen (secondary N) is 1. The van der Waals surface area contributed by atoms with Crippen LogP contribution < -0.4 is 5.32 Å². The molecule has 0 radical (unpaired) electrons. The summed E-state index contributed by atoms with van der Waals surface area (Å²) < 4.78 is 0. The third-order valence-corrected chi connectivity index (χ3v) is 5.00. The van der Waals surface area contributed by atoms with E-state index in [9.17, 15) is 9.59 Å². The number of anilines is 1. The van der Waals surface area contributed by atoms with Gasteiger partial charge in [0, 0.05) is 24.7 Å². The maximum atomic E-state index is 13.1. The Balaban J connectivity index is 1.61. The Morgan fingerprint density at radius 1 is 1.07 bits per heavy atom. The lowest BCUT2D eigenvalue weighted by atomic mass is 10.0. The Kier molecular flexibility index (Phi) is 5.08. The lowest BCUT2D eigenvalue weighted by molar-refractivity contribution is -0.120. The fraction of sp³-hybridized carbons (Fsp3) is 0.136. The van der Waals surface area contributed by atoms with Gasteiger partial charge in [0.25, 0.3) is 5.91 Å². The Bertz CT molecular complexity index is 1010. The monoisotopic (exact) mass is 391 g/mol. The Labute approximate surface area is 168 Å². The third-order valence-electron chi connectivity index (χ3n) is 4.78. The van der Waals surface area contributed by atoms with E-state index in [0.717, 1.165) is 11.1 Å². The van der Waals surface area contributed by atoms with Crippen LogP contribution in [0.5, 0.6) is 0 Å². The Hall–Kier alpha value is -3.18. The number of carbonyl (C=O) groups excluding carboxylic acids is 2. The largest absolute Gasteiger partial charge is 0.322 e. The first kappa shape index (κ1) is 18.2. The van der Waals surface area contributed by atoms with Crippen molar-refractivity contribution in [3.05, 3.63) is 94.6 Å². The van der Waals surface area contributed by atoms with Gasteiger partial charge in [0.15, 0.2) is 0 Å². The van der Waals surface area contributed by atoms with Crippen LogP contribution >= 0.6 is 11.6 Å². The molecule has 2 amide bonds. The molecule has 1 N–H and O–H groups in total. The van der Waals surface area contributed by atoms with Gasteiger partial charge in [-0.3, -0.25) is 9.59 Å². The van der Waals surface area contributed by atoms with Crippen LogP contribution in [0.25, 0.3) is 0 Å². The number of hydrogen-bond donors (Lipinski definition) is 1. The average Bonchev–Trinajstić information content (AvgIpc) is 3.05. The molecule has 1 aliphatic rings. The van der Waals surface area contributed by atoms with Gasteiger partial charge in [-0.05, 0) is 29.3 Å². The second-order valence-electron chi connectivity index (χ2n) is 6.65. The molecule has 1 aliphatic heterocycles. The highest BCUT2D eigenvalue weighted by Gasteiger charge is 2.36. The molecule has 0 spiro atoms. The lowest BCUT2D eigenvalue weighted by Crippen LogP contribution is -2.45. The number of carbonyl (C=O) groups is 2. The predicted octanol–water partition coefficient (Wildman–Crippen LogP) is 3.94. The summed E-state index contributed by atoms with van der Waals surface area (Å²) in [7, 11) is 0. The Morgan fingerprint density at radius 3 is 2.54 bits per heavy atom. The topological polar surface area (TPSA) is 62.3 Å². The number of pyridine rings is 1. The van der Waals surface area contributed by atoms with Gasteiger partial charge in [0.05, 0.1) is 5.02 Å². The summed E-state index contributed by atoms with van der Waals surface area (Å²) in [6.07, 6.45) is 1.89. The van der Waals surface area contributed by atoms with Crippen molar-refractivity contribution >= 4 is 29.2 Å². The van der Waals surface area contributed by atoms with E-state index >= 15 is 0 Å². The van der Waals surface area contributed by atoms with Crippen molar-refractivity contribution in [3.63, 3.8) is 0 Å². The molecule has 28 heavy (non-hydrogen) atoms. The van der Waals surface area contributed by atoms with Crippen LogP contribution in [0.2, 0.25) is 5.02 Å². The van der Waals surface area contributed by atoms with Crippen molar-refractivity contribution in [2.45, 2.75) is 19.0 Å². The maximum absolute atomic E-state index is 13.1. The number of halogens is 1. The van der Waals surface area contributed by atoms with Crippen LogP contribution in [0.15, 0.2) is 72.9 Å². The van der Waals surface area contributed by atoms with Crippen LogP contribution in [0, 0.1) is 0 Å². The van der Waals surface area contributed by atoms with Crippen molar-refractivity contribution in [3.8, 4) is 0 Å². The molecule has 0 fully saturated rings. The van der Waals surface area contributed by atoms with E-state index in [1.807, 2.05) is 48.5 Å². The second-order valence-corrected chi connectivity index (χ2v) is 7.08. The number of hydrogen-bond acceptors (Lipinski definition) is 3. The predicted molar refractivity (Wildman–Crippen MR) is 108 cm³/mol. The second kappa shape index (κ2) is 7.82. The van der Waals surface area contributed by atoms with E-state index < -0.39 is 6.04 Å². The molecule has 1 aromatic heterocycles. The minimum absolute atomic E-state index is 0.129. The molecule has 0 saturated carbocycles. The summed E-state index contributed by atoms with van der Waals surface area (Å²) in [5, 5.41) is 3.30. The molecule has 2 heterocycles. The molecular weight excluding hydrogens is 374 g/mol. The molecule has 3 aromatic rings. The zero-order chi connectivity index (χ0) is 19.5. The zero-order valence-corrected chi connectivity index (χ0v) is 15.8. The molecule has 4 rings (SSSR count). The summed E-state index contributed by atoms with van der Waals surface area (Å²) in [4.78, 5) is 31.8. The summed E-state index contributed by atoms with van der Waals surface area (Å²) in [6, 6.07) is 19.8. The molecule has 0 saturated heterocycles. The number of aromatic nitrogens is 1.